The number of rotatable bonds is 6. The molecule has 1 nitrogen and oxygen atoms in total. The maximum atomic E-state index is 6.20. The molecule has 19 heavy (non-hydrogen) atoms. The molecule has 0 radical (unpaired) electrons. The number of benzene rings is 2. The van der Waals surface area contributed by atoms with Gasteiger partial charge >= 0.3 is 0 Å². The molecular weight excluding hydrogens is 248 g/mol. The van der Waals surface area contributed by atoms with Crippen molar-refractivity contribution in [3.05, 3.63) is 72.8 Å². The fourth-order valence-corrected chi connectivity index (χ4v) is 4.35. The summed E-state index contributed by atoms with van der Waals surface area (Å²) in [5.74, 6) is 0. The quantitative estimate of drug-likeness (QED) is 0.444. The third-order valence-corrected chi connectivity index (χ3v) is 5.56. The molecule has 0 amide bonds. The molecule has 0 aliphatic carbocycles. The molecule has 0 unspecified atom stereocenters. The van der Waals surface area contributed by atoms with Crippen LogP contribution in [0.4, 0.5) is 0 Å². The summed E-state index contributed by atoms with van der Waals surface area (Å²) in [5, 5.41) is 2.68. The van der Waals surface area contributed by atoms with Gasteiger partial charge in [0.25, 0.3) is 0 Å². The van der Waals surface area contributed by atoms with Crippen molar-refractivity contribution < 1.29 is 4.43 Å². The Morgan fingerprint density at radius 3 is 1.89 bits per heavy atom. The Bertz CT molecular complexity index is 454. The van der Waals surface area contributed by atoms with Crippen LogP contribution in [0.2, 0.25) is 0 Å². The van der Waals surface area contributed by atoms with Crippen LogP contribution >= 0.6 is 0 Å². The second-order valence-electron chi connectivity index (χ2n) is 4.43. The lowest BCUT2D eigenvalue weighted by atomic mass is 10.4. The molecule has 0 atom stereocenters. The van der Waals surface area contributed by atoms with E-state index in [1.54, 1.807) is 0 Å². The number of allylic oxidation sites excluding steroid dienone is 1. The summed E-state index contributed by atoms with van der Waals surface area (Å²) < 4.78 is 6.20. The van der Waals surface area contributed by atoms with Crippen LogP contribution in [0.3, 0.4) is 0 Å². The molecule has 0 aromatic heterocycles. The molecule has 0 saturated carbocycles. The van der Waals surface area contributed by atoms with Gasteiger partial charge in [-0.1, -0.05) is 72.8 Å². The summed E-state index contributed by atoms with van der Waals surface area (Å²) in [6.45, 7) is 2.84. The van der Waals surface area contributed by atoms with Crippen LogP contribution in [0, 0.1) is 0 Å². The summed E-state index contributed by atoms with van der Waals surface area (Å²) in [5.41, 5.74) is 0. The molecule has 0 bridgehead atoms. The Hall–Kier alpha value is -1.64. The predicted octanol–water partition coefficient (Wildman–Crippen LogP) is 2.51. The highest BCUT2D eigenvalue weighted by molar-refractivity contribution is 6.80. The topological polar surface area (TPSA) is 9.23 Å². The third kappa shape index (κ3) is 4.19. The first-order valence-electron chi connectivity index (χ1n) is 6.74. The Labute approximate surface area is 117 Å². The SMILES string of the molecule is CC=CCCO[SiH](c1ccccc1)c1ccccc1. The lowest BCUT2D eigenvalue weighted by Gasteiger charge is -2.16. The fraction of sp³-hybridized carbons (Fsp3) is 0.176. The van der Waals surface area contributed by atoms with Crippen molar-refractivity contribution in [3.63, 3.8) is 0 Å². The van der Waals surface area contributed by atoms with Gasteiger partial charge in [-0.05, 0) is 23.7 Å². The minimum absolute atomic E-state index is 0.797. The van der Waals surface area contributed by atoms with Gasteiger partial charge in [0.2, 0.25) is 9.04 Å². The molecule has 2 aromatic carbocycles. The average Bonchev–Trinajstić information content (AvgIpc) is 2.49. The minimum atomic E-state index is -1.53. The van der Waals surface area contributed by atoms with Crippen molar-refractivity contribution in [2.45, 2.75) is 13.3 Å². The molecule has 0 saturated heterocycles. The largest absolute Gasteiger partial charge is 0.411 e. The van der Waals surface area contributed by atoms with Gasteiger partial charge in [-0.15, -0.1) is 0 Å². The minimum Gasteiger partial charge on any atom is -0.411 e. The molecule has 0 aliphatic heterocycles. The van der Waals surface area contributed by atoms with E-state index < -0.39 is 9.04 Å². The van der Waals surface area contributed by atoms with Gasteiger partial charge in [-0.25, -0.2) is 0 Å². The molecule has 2 heteroatoms. The van der Waals surface area contributed by atoms with E-state index >= 15 is 0 Å². The Morgan fingerprint density at radius 2 is 1.42 bits per heavy atom. The lowest BCUT2D eigenvalue weighted by molar-refractivity contribution is 0.341. The van der Waals surface area contributed by atoms with E-state index in [1.165, 1.54) is 10.4 Å². The molecular formula is C17H20OSi. The molecule has 0 aliphatic rings. The van der Waals surface area contributed by atoms with Crippen molar-refractivity contribution in [1.29, 1.82) is 0 Å². The van der Waals surface area contributed by atoms with E-state index in [-0.39, 0.29) is 0 Å². The van der Waals surface area contributed by atoms with Crippen LogP contribution in [-0.2, 0) is 4.43 Å². The van der Waals surface area contributed by atoms with Gasteiger partial charge in [0, 0.05) is 6.61 Å². The third-order valence-electron chi connectivity index (χ3n) is 3.01. The zero-order valence-corrected chi connectivity index (χ0v) is 12.5. The van der Waals surface area contributed by atoms with Gasteiger partial charge in [-0.3, -0.25) is 0 Å². The first kappa shape index (κ1) is 13.8. The van der Waals surface area contributed by atoms with E-state index in [0.717, 1.165) is 13.0 Å². The van der Waals surface area contributed by atoms with Crippen molar-refractivity contribution in [1.82, 2.24) is 0 Å². The molecule has 2 aromatic rings. The molecule has 0 fully saturated rings. The molecule has 0 heterocycles. The Balaban J connectivity index is 2.14. The van der Waals surface area contributed by atoms with E-state index in [0.29, 0.717) is 0 Å². The second-order valence-corrected chi connectivity index (χ2v) is 6.86. The average molecular weight is 268 g/mol. The smallest absolute Gasteiger partial charge is 0.239 e. The van der Waals surface area contributed by atoms with Gasteiger partial charge < -0.3 is 4.43 Å². The van der Waals surface area contributed by atoms with Crippen LogP contribution in [-0.4, -0.2) is 15.6 Å². The van der Waals surface area contributed by atoms with E-state index in [2.05, 4.69) is 72.8 Å². The molecule has 98 valence electrons. The lowest BCUT2D eigenvalue weighted by Crippen LogP contribution is -2.45. The summed E-state index contributed by atoms with van der Waals surface area (Å²) in [6, 6.07) is 21.2. The van der Waals surface area contributed by atoms with E-state index in [1.807, 2.05) is 6.92 Å². The summed E-state index contributed by atoms with van der Waals surface area (Å²) in [4.78, 5) is 0. The maximum Gasteiger partial charge on any atom is 0.239 e. The predicted molar refractivity (Wildman–Crippen MR) is 84.7 cm³/mol. The van der Waals surface area contributed by atoms with Crippen LogP contribution < -0.4 is 10.4 Å². The highest BCUT2D eigenvalue weighted by atomic mass is 28.3. The zero-order chi connectivity index (χ0) is 13.3. The summed E-state index contributed by atoms with van der Waals surface area (Å²) in [6.07, 6.45) is 5.21. The first-order valence-corrected chi connectivity index (χ1v) is 8.37. The van der Waals surface area contributed by atoms with Crippen LogP contribution in [0.25, 0.3) is 0 Å². The van der Waals surface area contributed by atoms with Crippen LogP contribution in [0.15, 0.2) is 72.8 Å². The van der Waals surface area contributed by atoms with Gasteiger partial charge in [-0.2, -0.15) is 0 Å². The maximum absolute atomic E-state index is 6.20. The molecule has 0 N–H and O–H groups in total. The normalized spacial score (nSPS) is 11.3. The summed E-state index contributed by atoms with van der Waals surface area (Å²) in [7, 11) is -1.53. The Morgan fingerprint density at radius 1 is 0.895 bits per heavy atom. The molecule has 0 spiro atoms. The Kier molecular flexibility index (Phi) is 5.60. The van der Waals surface area contributed by atoms with Crippen molar-refractivity contribution in [2.75, 3.05) is 6.61 Å². The van der Waals surface area contributed by atoms with E-state index in [9.17, 15) is 0 Å². The first-order chi connectivity index (χ1) is 9.42. The fourth-order valence-electron chi connectivity index (χ4n) is 2.06. The van der Waals surface area contributed by atoms with Gasteiger partial charge in [0.1, 0.15) is 0 Å². The van der Waals surface area contributed by atoms with Crippen molar-refractivity contribution >= 4 is 19.4 Å². The summed E-state index contributed by atoms with van der Waals surface area (Å²) >= 11 is 0. The van der Waals surface area contributed by atoms with E-state index in [4.69, 9.17) is 4.43 Å². The molecule has 2 rings (SSSR count). The van der Waals surface area contributed by atoms with Crippen LogP contribution in [0.1, 0.15) is 13.3 Å². The number of hydrogen-bond acceptors (Lipinski definition) is 1. The van der Waals surface area contributed by atoms with Crippen LogP contribution in [0.5, 0.6) is 0 Å². The van der Waals surface area contributed by atoms with Gasteiger partial charge in [0.05, 0.1) is 0 Å². The van der Waals surface area contributed by atoms with Crippen molar-refractivity contribution in [2.24, 2.45) is 0 Å². The highest BCUT2D eigenvalue weighted by Gasteiger charge is 2.16. The number of hydrogen-bond donors (Lipinski definition) is 0. The van der Waals surface area contributed by atoms with Gasteiger partial charge in [0.15, 0.2) is 0 Å². The zero-order valence-electron chi connectivity index (χ0n) is 11.3. The monoisotopic (exact) mass is 268 g/mol. The highest BCUT2D eigenvalue weighted by Crippen LogP contribution is 1.96. The van der Waals surface area contributed by atoms with Crippen molar-refractivity contribution in [3.8, 4) is 0 Å². The second kappa shape index (κ2) is 7.72. The standard InChI is InChI=1S/C17H20OSi/c1-2-3-10-15-18-19(16-11-6-4-7-12-16)17-13-8-5-9-14-17/h2-9,11-14,19H,10,15H2,1H3.